The van der Waals surface area contributed by atoms with Crippen LogP contribution in [-0.2, 0) is 11.8 Å². The topological polar surface area (TPSA) is 58.8 Å². The van der Waals surface area contributed by atoms with Crippen LogP contribution in [0.5, 0.6) is 5.75 Å². The highest BCUT2D eigenvalue weighted by Crippen LogP contribution is 2.72. The molecular weight excluding hydrogens is 422 g/mol. The number of methoxy groups -OCH3 is 1. The number of hydrogen-bond donors (Lipinski definition) is 1. The number of hydrogen-bond acceptors (Lipinski definition) is 4. The fourth-order valence-electron chi connectivity index (χ4n) is 8.86. The highest BCUT2D eigenvalue weighted by atomic mass is 16.5. The van der Waals surface area contributed by atoms with Crippen LogP contribution in [0.25, 0.3) is 0 Å². The van der Waals surface area contributed by atoms with E-state index in [4.69, 9.17) is 10.5 Å². The Morgan fingerprint density at radius 3 is 2.71 bits per heavy atom. The first kappa shape index (κ1) is 22.1. The van der Waals surface area contributed by atoms with E-state index in [9.17, 15) is 4.79 Å². The summed E-state index contributed by atoms with van der Waals surface area (Å²) < 4.78 is 5.72. The van der Waals surface area contributed by atoms with Gasteiger partial charge in [-0.2, -0.15) is 0 Å². The molecule has 0 aromatic heterocycles. The number of carbonyl (C=O) groups is 1. The molecule has 5 atom stereocenters. The summed E-state index contributed by atoms with van der Waals surface area (Å²) in [5.74, 6) is 1.59. The molecule has 0 radical (unpaired) electrons. The van der Waals surface area contributed by atoms with Crippen molar-refractivity contribution in [2.45, 2.75) is 56.0 Å². The smallest absolute Gasteiger partial charge is 0.253 e. The second-order valence-electron chi connectivity index (χ2n) is 11.0. The maximum Gasteiger partial charge on any atom is 0.253 e. The van der Waals surface area contributed by atoms with Crippen LogP contribution in [0.15, 0.2) is 48.5 Å². The third kappa shape index (κ3) is 2.83. The quantitative estimate of drug-likeness (QED) is 0.738. The molecule has 5 heteroatoms. The van der Waals surface area contributed by atoms with Gasteiger partial charge < -0.3 is 15.4 Å². The predicted octanol–water partition coefficient (Wildman–Crippen LogP) is 3.85. The highest BCUT2D eigenvalue weighted by Gasteiger charge is 2.71. The minimum Gasteiger partial charge on any atom is -0.497 e. The van der Waals surface area contributed by atoms with Gasteiger partial charge in [-0.05, 0) is 91.8 Å². The minimum absolute atomic E-state index is 0.110. The molecule has 5 unspecified atom stereocenters. The van der Waals surface area contributed by atoms with Gasteiger partial charge in [-0.1, -0.05) is 24.3 Å². The summed E-state index contributed by atoms with van der Waals surface area (Å²) in [5.41, 5.74) is 10.2. The molecule has 6 rings (SSSR count). The Morgan fingerprint density at radius 1 is 1.15 bits per heavy atom. The van der Waals surface area contributed by atoms with E-state index in [1.54, 1.807) is 7.11 Å². The monoisotopic (exact) mass is 459 g/mol. The molecular formula is C29H37N3O2. The van der Waals surface area contributed by atoms with Crippen molar-refractivity contribution >= 4 is 5.91 Å². The number of benzene rings is 2. The number of fused-ring (bicyclic) bond motifs is 1. The van der Waals surface area contributed by atoms with E-state index in [1.165, 1.54) is 30.4 Å². The molecule has 2 saturated carbocycles. The second-order valence-corrected chi connectivity index (χ2v) is 11.0. The predicted molar refractivity (Wildman–Crippen MR) is 134 cm³/mol. The average molecular weight is 460 g/mol. The molecule has 180 valence electrons. The molecule has 3 aliphatic carbocycles. The lowest BCUT2D eigenvalue weighted by molar-refractivity contribution is -0.102. The van der Waals surface area contributed by atoms with Gasteiger partial charge in [-0.15, -0.1) is 0 Å². The van der Waals surface area contributed by atoms with E-state index in [-0.39, 0.29) is 22.8 Å². The van der Waals surface area contributed by atoms with Gasteiger partial charge in [0.15, 0.2) is 0 Å². The first-order valence-corrected chi connectivity index (χ1v) is 13.0. The highest BCUT2D eigenvalue weighted by molar-refractivity contribution is 5.94. The van der Waals surface area contributed by atoms with Gasteiger partial charge in [0.1, 0.15) is 5.75 Å². The molecule has 2 aromatic rings. The normalized spacial score (nSPS) is 33.7. The standard InChI is InChI=1S/C29H37N3O2/c1-31(27(33)20-6-4-3-5-7-20)25-11-13-28-12-10-23(25)29(28)14-16-32(17-15-30)26(28)18-21-8-9-22(34-2)19-24(21)29/h3-9,19,23,25-26H,10-18,30H2,1-2H3. The first-order chi connectivity index (χ1) is 16.6. The number of ether oxygens (including phenoxy) is 1. The van der Waals surface area contributed by atoms with Crippen LogP contribution in [0.1, 0.15) is 53.6 Å². The zero-order valence-electron chi connectivity index (χ0n) is 20.5. The summed E-state index contributed by atoms with van der Waals surface area (Å²) in [4.78, 5) is 18.3. The van der Waals surface area contributed by atoms with E-state index in [2.05, 4.69) is 28.0 Å². The van der Waals surface area contributed by atoms with Crippen LogP contribution in [0.4, 0.5) is 0 Å². The Balaban J connectivity index is 1.45. The van der Waals surface area contributed by atoms with Crippen molar-refractivity contribution in [3.05, 3.63) is 65.2 Å². The Bertz CT molecular complexity index is 1090. The second kappa shape index (κ2) is 8.10. The van der Waals surface area contributed by atoms with Gasteiger partial charge in [0.25, 0.3) is 5.91 Å². The van der Waals surface area contributed by atoms with Crippen molar-refractivity contribution in [1.29, 1.82) is 0 Å². The van der Waals surface area contributed by atoms with E-state index < -0.39 is 0 Å². The lowest BCUT2D eigenvalue weighted by atomic mass is 9.43. The zero-order valence-corrected chi connectivity index (χ0v) is 20.5. The molecule has 3 fully saturated rings. The summed E-state index contributed by atoms with van der Waals surface area (Å²) in [5, 5.41) is 0. The maximum absolute atomic E-state index is 13.5. The van der Waals surface area contributed by atoms with Crippen LogP contribution in [0.2, 0.25) is 0 Å². The van der Waals surface area contributed by atoms with Gasteiger partial charge >= 0.3 is 0 Å². The fraction of sp³-hybridized carbons (Fsp3) is 0.552. The van der Waals surface area contributed by atoms with E-state index >= 15 is 0 Å². The Labute approximate surface area is 203 Å². The Kier molecular flexibility index (Phi) is 5.27. The molecule has 1 heterocycles. The Hall–Kier alpha value is -2.37. The molecule has 2 N–H and O–H groups in total. The summed E-state index contributed by atoms with van der Waals surface area (Å²) in [6.45, 7) is 2.80. The molecule has 1 amide bonds. The number of nitrogens with two attached hydrogens (primary N) is 1. The van der Waals surface area contributed by atoms with Crippen molar-refractivity contribution in [2.24, 2.45) is 17.1 Å². The zero-order chi connectivity index (χ0) is 23.5. The van der Waals surface area contributed by atoms with Crippen molar-refractivity contribution in [3.8, 4) is 5.75 Å². The fourth-order valence-corrected chi connectivity index (χ4v) is 8.86. The maximum atomic E-state index is 13.5. The third-order valence-corrected chi connectivity index (χ3v) is 10.1. The molecule has 4 aliphatic rings. The molecule has 34 heavy (non-hydrogen) atoms. The van der Waals surface area contributed by atoms with Gasteiger partial charge in [0.2, 0.25) is 0 Å². The van der Waals surface area contributed by atoms with Crippen LogP contribution in [-0.4, -0.2) is 61.6 Å². The first-order valence-electron chi connectivity index (χ1n) is 13.0. The van der Waals surface area contributed by atoms with Gasteiger partial charge in [-0.25, -0.2) is 0 Å². The SMILES string of the molecule is COc1ccc2c(c1)C13CCN(CCN)C(C2)C12CCC(N(C)C(=O)c1ccccc1)C3CC2. The number of nitrogens with zero attached hydrogens (tertiary/aromatic N) is 2. The third-order valence-electron chi connectivity index (χ3n) is 10.1. The molecule has 1 saturated heterocycles. The number of piperidine rings is 1. The van der Waals surface area contributed by atoms with Gasteiger partial charge in [0, 0.05) is 43.2 Å². The number of carbonyl (C=O) groups excluding carboxylic acids is 1. The Morgan fingerprint density at radius 2 is 1.94 bits per heavy atom. The summed E-state index contributed by atoms with van der Waals surface area (Å²) in [6.07, 6.45) is 6.98. The average Bonchev–Trinajstić information content (AvgIpc) is 3.11. The molecule has 0 spiro atoms. The van der Waals surface area contributed by atoms with Crippen molar-refractivity contribution in [1.82, 2.24) is 9.80 Å². The molecule has 4 bridgehead atoms. The summed E-state index contributed by atoms with van der Waals surface area (Å²) in [7, 11) is 3.81. The molecule has 2 aromatic carbocycles. The summed E-state index contributed by atoms with van der Waals surface area (Å²) >= 11 is 0. The minimum atomic E-state index is 0.110. The van der Waals surface area contributed by atoms with Crippen LogP contribution in [0.3, 0.4) is 0 Å². The van der Waals surface area contributed by atoms with Gasteiger partial charge in [-0.3, -0.25) is 9.69 Å². The van der Waals surface area contributed by atoms with E-state index in [0.717, 1.165) is 50.2 Å². The van der Waals surface area contributed by atoms with Gasteiger partial charge in [0.05, 0.1) is 7.11 Å². The largest absolute Gasteiger partial charge is 0.497 e. The lowest BCUT2D eigenvalue weighted by Gasteiger charge is -2.67. The van der Waals surface area contributed by atoms with Crippen LogP contribution in [0, 0.1) is 11.3 Å². The van der Waals surface area contributed by atoms with Crippen LogP contribution < -0.4 is 10.5 Å². The van der Waals surface area contributed by atoms with Crippen molar-refractivity contribution < 1.29 is 9.53 Å². The molecule has 1 aliphatic heterocycles. The lowest BCUT2D eigenvalue weighted by Crippen LogP contribution is -2.70. The van der Waals surface area contributed by atoms with Crippen molar-refractivity contribution in [2.75, 3.05) is 33.8 Å². The van der Waals surface area contributed by atoms with E-state index in [1.807, 2.05) is 37.4 Å². The molecule has 5 nitrogen and oxygen atoms in total. The van der Waals surface area contributed by atoms with E-state index in [0.29, 0.717) is 12.0 Å². The van der Waals surface area contributed by atoms with Crippen LogP contribution >= 0.6 is 0 Å². The number of amides is 1. The number of rotatable bonds is 5. The summed E-state index contributed by atoms with van der Waals surface area (Å²) in [6, 6.07) is 17.4. The number of likely N-dealkylation sites (tertiary alicyclic amines) is 1. The van der Waals surface area contributed by atoms with Crippen molar-refractivity contribution in [3.63, 3.8) is 0 Å².